The fourth-order valence-corrected chi connectivity index (χ4v) is 1.51. The highest BCUT2D eigenvalue weighted by Crippen LogP contribution is 2.23. The Kier molecular flexibility index (Phi) is 7.53. The first-order valence-electron chi connectivity index (χ1n) is 6.44. The molecule has 1 heteroatoms. The molecule has 0 heterocycles. The Labute approximate surface area is 106 Å². The van der Waals surface area contributed by atoms with E-state index in [2.05, 4.69) is 52.0 Å². The molecule has 0 radical (unpaired) electrons. The summed E-state index contributed by atoms with van der Waals surface area (Å²) >= 11 is 0. The number of carbonyl (C=O) groups is 1. The molecule has 0 aliphatic carbocycles. The van der Waals surface area contributed by atoms with Crippen molar-refractivity contribution in [1.82, 2.24) is 0 Å². The fraction of sp³-hybridized carbons (Fsp3) is 0.562. The van der Waals surface area contributed by atoms with Crippen molar-refractivity contribution < 1.29 is 4.79 Å². The number of hydrogen-bond donors (Lipinski definition) is 0. The highest BCUT2D eigenvalue weighted by atomic mass is 16.1. The number of hydrogen-bond acceptors (Lipinski definition) is 1. The van der Waals surface area contributed by atoms with Gasteiger partial charge in [-0.05, 0) is 24.3 Å². The lowest BCUT2D eigenvalue weighted by atomic mass is 9.85. The predicted molar refractivity (Wildman–Crippen MR) is 75.2 cm³/mol. The number of Topliss-reactive ketones (excluding diaryl/α,β-unsaturated/α-hetero) is 1. The van der Waals surface area contributed by atoms with Crippen molar-refractivity contribution in [3.63, 3.8) is 0 Å². The Morgan fingerprint density at radius 2 is 1.65 bits per heavy atom. The SMILES string of the molecule is CCC(C)(C)CC(C)=O.CCc1ccccc1. The Balaban J connectivity index is 0.000000302. The van der Waals surface area contributed by atoms with Crippen LogP contribution < -0.4 is 0 Å². The van der Waals surface area contributed by atoms with Crippen LogP contribution in [0, 0.1) is 5.41 Å². The van der Waals surface area contributed by atoms with Gasteiger partial charge in [-0.15, -0.1) is 0 Å². The lowest BCUT2D eigenvalue weighted by molar-refractivity contribution is -0.118. The van der Waals surface area contributed by atoms with E-state index < -0.39 is 0 Å². The lowest BCUT2D eigenvalue weighted by Crippen LogP contribution is -2.13. The van der Waals surface area contributed by atoms with E-state index in [9.17, 15) is 4.79 Å². The van der Waals surface area contributed by atoms with Crippen LogP contribution in [0.4, 0.5) is 0 Å². The minimum Gasteiger partial charge on any atom is -0.300 e. The molecule has 1 aromatic rings. The lowest BCUT2D eigenvalue weighted by Gasteiger charge is -2.19. The number of aryl methyl sites for hydroxylation is 1. The molecule has 17 heavy (non-hydrogen) atoms. The van der Waals surface area contributed by atoms with Crippen LogP contribution in [0.2, 0.25) is 0 Å². The standard InChI is InChI=1S/C8H16O.C8H10/c1-5-8(3,4)6-7(2)9;1-2-8-6-4-3-5-7-8/h5-6H2,1-4H3;3-7H,2H2,1H3. The molecule has 0 spiro atoms. The van der Waals surface area contributed by atoms with Gasteiger partial charge in [-0.2, -0.15) is 0 Å². The van der Waals surface area contributed by atoms with Gasteiger partial charge in [0.2, 0.25) is 0 Å². The number of rotatable bonds is 4. The van der Waals surface area contributed by atoms with Gasteiger partial charge in [0, 0.05) is 6.42 Å². The molecule has 96 valence electrons. The number of ketones is 1. The zero-order valence-electron chi connectivity index (χ0n) is 11.9. The molecule has 0 saturated carbocycles. The number of benzene rings is 1. The maximum atomic E-state index is 10.6. The topological polar surface area (TPSA) is 17.1 Å². The van der Waals surface area contributed by atoms with Gasteiger partial charge in [0.1, 0.15) is 5.78 Å². The van der Waals surface area contributed by atoms with Gasteiger partial charge >= 0.3 is 0 Å². The minimum absolute atomic E-state index is 0.214. The van der Waals surface area contributed by atoms with Gasteiger partial charge in [-0.25, -0.2) is 0 Å². The fourth-order valence-electron chi connectivity index (χ4n) is 1.51. The van der Waals surface area contributed by atoms with E-state index in [-0.39, 0.29) is 5.41 Å². The summed E-state index contributed by atoms with van der Waals surface area (Å²) in [4.78, 5) is 10.6. The molecule has 0 amide bonds. The zero-order chi connectivity index (χ0) is 13.3. The smallest absolute Gasteiger partial charge is 0.130 e. The zero-order valence-corrected chi connectivity index (χ0v) is 11.9. The van der Waals surface area contributed by atoms with Crippen LogP contribution in [-0.2, 0) is 11.2 Å². The summed E-state index contributed by atoms with van der Waals surface area (Å²) in [6.45, 7) is 10.2. The molecule has 1 aromatic carbocycles. The van der Waals surface area contributed by atoms with E-state index in [0.717, 1.165) is 12.8 Å². The Morgan fingerprint density at radius 3 is 1.88 bits per heavy atom. The molecule has 0 aromatic heterocycles. The van der Waals surface area contributed by atoms with Gasteiger partial charge in [0.15, 0.2) is 0 Å². The first kappa shape index (κ1) is 15.9. The summed E-state index contributed by atoms with van der Waals surface area (Å²) < 4.78 is 0. The molecule has 0 atom stereocenters. The Hall–Kier alpha value is -1.11. The van der Waals surface area contributed by atoms with E-state index in [1.165, 1.54) is 5.56 Å². The molecule has 0 fully saturated rings. The molecule has 0 aliphatic heterocycles. The molecule has 1 rings (SSSR count). The monoisotopic (exact) mass is 234 g/mol. The average molecular weight is 234 g/mol. The highest BCUT2D eigenvalue weighted by Gasteiger charge is 2.16. The Morgan fingerprint density at radius 1 is 1.12 bits per heavy atom. The summed E-state index contributed by atoms with van der Waals surface area (Å²) in [6, 6.07) is 10.5. The molecule has 0 aliphatic rings. The molecule has 1 nitrogen and oxygen atoms in total. The van der Waals surface area contributed by atoms with Crippen molar-refractivity contribution in [1.29, 1.82) is 0 Å². The van der Waals surface area contributed by atoms with Crippen molar-refractivity contribution in [3.8, 4) is 0 Å². The predicted octanol–water partition coefficient (Wildman–Crippen LogP) is 4.65. The normalized spacial score (nSPS) is 10.4. The van der Waals surface area contributed by atoms with Crippen LogP contribution in [0.15, 0.2) is 30.3 Å². The van der Waals surface area contributed by atoms with Crippen LogP contribution in [0.3, 0.4) is 0 Å². The molecule has 0 saturated heterocycles. The average Bonchev–Trinajstić information content (AvgIpc) is 2.29. The largest absolute Gasteiger partial charge is 0.300 e. The third-order valence-electron chi connectivity index (χ3n) is 2.94. The van der Waals surface area contributed by atoms with Gasteiger partial charge in [-0.3, -0.25) is 0 Å². The molecule has 0 bridgehead atoms. The maximum Gasteiger partial charge on any atom is 0.130 e. The van der Waals surface area contributed by atoms with Gasteiger partial charge < -0.3 is 4.79 Å². The second kappa shape index (κ2) is 8.05. The summed E-state index contributed by atoms with van der Waals surface area (Å²) in [7, 11) is 0. The van der Waals surface area contributed by atoms with Crippen LogP contribution in [0.1, 0.15) is 53.0 Å². The van der Waals surface area contributed by atoms with Crippen molar-refractivity contribution in [3.05, 3.63) is 35.9 Å². The second-order valence-electron chi connectivity index (χ2n) is 5.24. The second-order valence-corrected chi connectivity index (χ2v) is 5.24. The van der Waals surface area contributed by atoms with Crippen molar-refractivity contribution in [2.75, 3.05) is 0 Å². The third-order valence-corrected chi connectivity index (χ3v) is 2.94. The Bertz CT molecular complexity index is 312. The third kappa shape index (κ3) is 8.67. The van der Waals surface area contributed by atoms with E-state index >= 15 is 0 Å². The van der Waals surface area contributed by atoms with E-state index in [1.807, 2.05) is 6.07 Å². The van der Waals surface area contributed by atoms with Crippen LogP contribution in [-0.4, -0.2) is 5.78 Å². The van der Waals surface area contributed by atoms with Crippen molar-refractivity contribution >= 4 is 5.78 Å². The summed E-state index contributed by atoms with van der Waals surface area (Å²) in [5.41, 5.74) is 1.62. The minimum atomic E-state index is 0.214. The first-order chi connectivity index (χ1) is 7.91. The van der Waals surface area contributed by atoms with Crippen LogP contribution in [0.5, 0.6) is 0 Å². The molecular formula is C16H26O. The van der Waals surface area contributed by atoms with E-state index in [0.29, 0.717) is 12.2 Å². The van der Waals surface area contributed by atoms with Crippen molar-refractivity contribution in [2.24, 2.45) is 5.41 Å². The van der Waals surface area contributed by atoms with Gasteiger partial charge in [0.25, 0.3) is 0 Å². The van der Waals surface area contributed by atoms with E-state index in [1.54, 1.807) is 6.92 Å². The molecule has 0 unspecified atom stereocenters. The molecule has 0 N–H and O–H groups in total. The molecular weight excluding hydrogens is 208 g/mol. The van der Waals surface area contributed by atoms with Crippen LogP contribution >= 0.6 is 0 Å². The summed E-state index contributed by atoms with van der Waals surface area (Å²) in [5, 5.41) is 0. The summed E-state index contributed by atoms with van der Waals surface area (Å²) in [5.74, 6) is 0.293. The van der Waals surface area contributed by atoms with Gasteiger partial charge in [-0.1, -0.05) is 64.4 Å². The highest BCUT2D eigenvalue weighted by molar-refractivity contribution is 5.76. The first-order valence-corrected chi connectivity index (χ1v) is 6.44. The van der Waals surface area contributed by atoms with E-state index in [4.69, 9.17) is 0 Å². The van der Waals surface area contributed by atoms with Crippen LogP contribution in [0.25, 0.3) is 0 Å². The summed E-state index contributed by atoms with van der Waals surface area (Å²) in [6.07, 6.45) is 2.93. The van der Waals surface area contributed by atoms with Crippen molar-refractivity contribution in [2.45, 2.75) is 53.9 Å². The van der Waals surface area contributed by atoms with Gasteiger partial charge in [0.05, 0.1) is 0 Å². The maximum absolute atomic E-state index is 10.6. The number of carbonyl (C=O) groups excluding carboxylic acids is 1. The quantitative estimate of drug-likeness (QED) is 0.741.